The Morgan fingerprint density at radius 2 is 1.82 bits per heavy atom. The van der Waals surface area contributed by atoms with Crippen LogP contribution in [0.2, 0.25) is 0 Å². The molecule has 0 radical (unpaired) electrons. The summed E-state index contributed by atoms with van der Waals surface area (Å²) in [6, 6.07) is 16.3. The number of benzene rings is 2. The summed E-state index contributed by atoms with van der Waals surface area (Å²) in [5.74, 6) is -0.362. The molecule has 3 unspecified atom stereocenters. The van der Waals surface area contributed by atoms with Gasteiger partial charge in [-0.2, -0.15) is 0 Å². The highest BCUT2D eigenvalue weighted by Gasteiger charge is 2.45. The van der Waals surface area contributed by atoms with Crippen molar-refractivity contribution in [2.75, 3.05) is 17.2 Å². The molecular formula is C18H18N2O2. The predicted molar refractivity (Wildman–Crippen MR) is 85.8 cm³/mol. The van der Waals surface area contributed by atoms with Crippen LogP contribution >= 0.6 is 0 Å². The Morgan fingerprint density at radius 1 is 1.05 bits per heavy atom. The van der Waals surface area contributed by atoms with Gasteiger partial charge in [0.05, 0.1) is 23.5 Å². The van der Waals surface area contributed by atoms with Gasteiger partial charge in [-0.1, -0.05) is 42.0 Å². The molecule has 2 aliphatic rings. The van der Waals surface area contributed by atoms with E-state index in [-0.39, 0.29) is 24.0 Å². The lowest BCUT2D eigenvalue weighted by atomic mass is 9.88. The maximum Gasteiger partial charge on any atom is 0.313 e. The molecule has 2 aromatic rings. The van der Waals surface area contributed by atoms with Crippen molar-refractivity contribution < 1.29 is 9.53 Å². The molecule has 0 aromatic heterocycles. The van der Waals surface area contributed by atoms with E-state index in [1.54, 1.807) is 0 Å². The van der Waals surface area contributed by atoms with Crippen molar-refractivity contribution in [3.05, 3.63) is 59.7 Å². The van der Waals surface area contributed by atoms with Crippen LogP contribution in [-0.2, 0) is 9.53 Å². The number of fused-ring (bicyclic) bond motifs is 2. The highest BCUT2D eigenvalue weighted by Crippen LogP contribution is 2.40. The molecular weight excluding hydrogens is 276 g/mol. The third-order valence-corrected chi connectivity index (χ3v) is 4.45. The standard InChI is InChI=1S/C18H18N2O2/c1-11-5-4-6-12(9-11)17-16-15(10-22-18(16)21)19-13-7-2-3-8-14(13)20-17/h2-9,15-17,19-20H,10H2,1H3. The molecule has 4 heteroatoms. The Kier molecular flexibility index (Phi) is 3.03. The molecule has 0 spiro atoms. The van der Waals surface area contributed by atoms with Crippen molar-refractivity contribution in [1.29, 1.82) is 0 Å². The predicted octanol–water partition coefficient (Wildman–Crippen LogP) is 3.12. The number of ether oxygens (including phenoxy) is 1. The summed E-state index contributed by atoms with van der Waals surface area (Å²) in [6.45, 7) is 2.48. The zero-order valence-electron chi connectivity index (χ0n) is 12.4. The fourth-order valence-electron chi connectivity index (χ4n) is 3.38. The Morgan fingerprint density at radius 3 is 2.59 bits per heavy atom. The minimum atomic E-state index is -0.228. The van der Waals surface area contributed by atoms with Gasteiger partial charge in [0.1, 0.15) is 12.5 Å². The first-order valence-corrected chi connectivity index (χ1v) is 7.58. The first-order valence-electron chi connectivity index (χ1n) is 7.58. The molecule has 4 nitrogen and oxygen atoms in total. The minimum Gasteiger partial charge on any atom is -0.463 e. The molecule has 1 saturated heterocycles. The van der Waals surface area contributed by atoms with E-state index in [0.717, 1.165) is 16.9 Å². The fraction of sp³-hybridized carbons (Fsp3) is 0.278. The molecule has 0 bridgehead atoms. The maximum absolute atomic E-state index is 12.3. The second-order valence-corrected chi connectivity index (χ2v) is 5.99. The molecule has 0 amide bonds. The van der Waals surface area contributed by atoms with Gasteiger partial charge in [0, 0.05) is 0 Å². The number of nitrogens with one attached hydrogen (secondary N) is 2. The molecule has 2 aromatic carbocycles. The third kappa shape index (κ3) is 2.11. The summed E-state index contributed by atoms with van der Waals surface area (Å²) in [4.78, 5) is 12.3. The zero-order valence-corrected chi connectivity index (χ0v) is 12.4. The number of rotatable bonds is 1. The summed E-state index contributed by atoms with van der Waals surface area (Å²) in [5, 5.41) is 7.00. The van der Waals surface area contributed by atoms with Gasteiger partial charge < -0.3 is 15.4 Å². The van der Waals surface area contributed by atoms with Crippen LogP contribution in [0.15, 0.2) is 48.5 Å². The number of carbonyl (C=O) groups is 1. The van der Waals surface area contributed by atoms with Gasteiger partial charge >= 0.3 is 5.97 Å². The van der Waals surface area contributed by atoms with Crippen LogP contribution in [0.5, 0.6) is 0 Å². The summed E-state index contributed by atoms with van der Waals surface area (Å²) in [5.41, 5.74) is 4.35. The van der Waals surface area contributed by atoms with Crippen LogP contribution in [0.4, 0.5) is 11.4 Å². The largest absolute Gasteiger partial charge is 0.463 e. The summed E-state index contributed by atoms with van der Waals surface area (Å²) in [6.07, 6.45) is 0. The smallest absolute Gasteiger partial charge is 0.313 e. The third-order valence-electron chi connectivity index (χ3n) is 4.45. The normalized spacial score (nSPS) is 26.0. The molecule has 0 aliphatic carbocycles. The first-order chi connectivity index (χ1) is 10.7. The number of anilines is 2. The van der Waals surface area contributed by atoms with E-state index in [1.165, 1.54) is 5.56 Å². The first kappa shape index (κ1) is 13.2. The average molecular weight is 294 g/mol. The van der Waals surface area contributed by atoms with Crippen LogP contribution in [0.3, 0.4) is 0 Å². The lowest BCUT2D eigenvalue weighted by Gasteiger charge is -2.24. The second kappa shape index (κ2) is 5.05. The quantitative estimate of drug-likeness (QED) is 0.794. The van der Waals surface area contributed by atoms with Gasteiger partial charge in [-0.15, -0.1) is 0 Å². The van der Waals surface area contributed by atoms with Crippen LogP contribution in [0, 0.1) is 12.8 Å². The van der Waals surface area contributed by atoms with Crippen molar-refractivity contribution in [2.45, 2.75) is 19.0 Å². The van der Waals surface area contributed by atoms with Gasteiger partial charge in [-0.25, -0.2) is 0 Å². The topological polar surface area (TPSA) is 50.4 Å². The van der Waals surface area contributed by atoms with Crippen molar-refractivity contribution in [3.63, 3.8) is 0 Å². The molecule has 1 fully saturated rings. The summed E-state index contributed by atoms with van der Waals surface area (Å²) >= 11 is 0. The fourth-order valence-corrected chi connectivity index (χ4v) is 3.38. The van der Waals surface area contributed by atoms with Crippen molar-refractivity contribution in [1.82, 2.24) is 0 Å². The average Bonchev–Trinajstić information content (AvgIpc) is 2.79. The summed E-state index contributed by atoms with van der Waals surface area (Å²) < 4.78 is 5.31. The molecule has 2 N–H and O–H groups in total. The molecule has 112 valence electrons. The van der Waals surface area contributed by atoms with Crippen LogP contribution in [-0.4, -0.2) is 18.6 Å². The van der Waals surface area contributed by atoms with Crippen molar-refractivity contribution >= 4 is 17.3 Å². The molecule has 22 heavy (non-hydrogen) atoms. The number of para-hydroxylation sites is 2. The number of aryl methyl sites for hydroxylation is 1. The highest BCUT2D eigenvalue weighted by atomic mass is 16.5. The number of carbonyl (C=O) groups excluding carboxylic acids is 1. The van der Waals surface area contributed by atoms with E-state index >= 15 is 0 Å². The minimum absolute atomic E-state index is 0.00541. The van der Waals surface area contributed by atoms with Crippen LogP contribution < -0.4 is 10.6 Å². The van der Waals surface area contributed by atoms with E-state index in [9.17, 15) is 4.79 Å². The highest BCUT2D eigenvalue weighted by molar-refractivity contribution is 5.81. The van der Waals surface area contributed by atoms with E-state index in [4.69, 9.17) is 4.74 Å². The van der Waals surface area contributed by atoms with Gasteiger partial charge in [0.2, 0.25) is 0 Å². The van der Waals surface area contributed by atoms with E-state index in [2.05, 4.69) is 35.8 Å². The Labute approximate surface area is 129 Å². The number of hydrogen-bond donors (Lipinski definition) is 2. The van der Waals surface area contributed by atoms with E-state index in [1.807, 2.05) is 30.3 Å². The number of cyclic esters (lactones) is 1. The Bertz CT molecular complexity index is 729. The zero-order chi connectivity index (χ0) is 15.1. The lowest BCUT2D eigenvalue weighted by Crippen LogP contribution is -2.34. The molecule has 4 rings (SSSR count). The van der Waals surface area contributed by atoms with Crippen molar-refractivity contribution in [3.8, 4) is 0 Å². The van der Waals surface area contributed by atoms with Crippen molar-refractivity contribution in [2.24, 2.45) is 5.92 Å². The lowest BCUT2D eigenvalue weighted by molar-refractivity contribution is -0.141. The van der Waals surface area contributed by atoms with Gasteiger partial charge in [0.15, 0.2) is 0 Å². The van der Waals surface area contributed by atoms with E-state index < -0.39 is 0 Å². The van der Waals surface area contributed by atoms with Gasteiger partial charge in [-0.05, 0) is 24.6 Å². The van der Waals surface area contributed by atoms with Gasteiger partial charge in [-0.3, -0.25) is 4.79 Å². The Balaban J connectivity index is 1.82. The van der Waals surface area contributed by atoms with Crippen LogP contribution in [0.25, 0.3) is 0 Å². The maximum atomic E-state index is 12.3. The van der Waals surface area contributed by atoms with Gasteiger partial charge in [0.25, 0.3) is 0 Å². The molecule has 0 saturated carbocycles. The molecule has 3 atom stereocenters. The van der Waals surface area contributed by atoms with E-state index in [0.29, 0.717) is 6.61 Å². The monoisotopic (exact) mass is 294 g/mol. The van der Waals surface area contributed by atoms with Crippen LogP contribution in [0.1, 0.15) is 17.2 Å². The number of esters is 1. The molecule has 2 aliphatic heterocycles. The Hall–Kier alpha value is -2.49. The number of hydrogen-bond acceptors (Lipinski definition) is 4. The second-order valence-electron chi connectivity index (χ2n) is 5.99. The SMILES string of the molecule is Cc1cccc(C2Nc3ccccc3NC3COC(=O)C32)c1. The molecule has 2 heterocycles. The summed E-state index contributed by atoms with van der Waals surface area (Å²) in [7, 11) is 0.